The topological polar surface area (TPSA) is 45.7 Å². The van der Waals surface area contributed by atoms with Gasteiger partial charge in [0.25, 0.3) is 0 Å². The molecule has 4 heteroatoms. The first-order valence-corrected chi connectivity index (χ1v) is 6.24. The molecule has 0 spiro atoms. The molecule has 2 heterocycles. The van der Waals surface area contributed by atoms with Crippen molar-refractivity contribution in [1.82, 2.24) is 10.6 Å². The lowest BCUT2D eigenvalue weighted by molar-refractivity contribution is -0.0712. The summed E-state index contributed by atoms with van der Waals surface area (Å²) in [5, 5.41) is 6.72. The minimum absolute atomic E-state index is 0.0444. The van der Waals surface area contributed by atoms with E-state index in [2.05, 4.69) is 36.4 Å². The highest BCUT2D eigenvalue weighted by molar-refractivity contribution is 5.81. The predicted molar refractivity (Wildman–Crippen MR) is 65.7 cm³/mol. The monoisotopic (exact) mass is 225 g/mol. The smallest absolute Gasteiger partial charge is 0.191 e. The molecule has 0 saturated carbocycles. The molecule has 1 saturated heterocycles. The molecule has 92 valence electrons. The van der Waals surface area contributed by atoms with Gasteiger partial charge in [-0.25, -0.2) is 0 Å². The molecule has 0 aliphatic carbocycles. The van der Waals surface area contributed by atoms with Crippen molar-refractivity contribution in [1.29, 1.82) is 0 Å². The maximum Gasteiger partial charge on any atom is 0.191 e. The maximum atomic E-state index is 5.71. The van der Waals surface area contributed by atoms with Crippen molar-refractivity contribution in [3.05, 3.63) is 0 Å². The van der Waals surface area contributed by atoms with Gasteiger partial charge in [0.05, 0.1) is 12.1 Å². The molecule has 0 aromatic heterocycles. The molecule has 2 N–H and O–H groups in total. The fraction of sp³-hybridized carbons (Fsp3) is 0.917. The van der Waals surface area contributed by atoms with Crippen molar-refractivity contribution in [3.63, 3.8) is 0 Å². The Balaban J connectivity index is 1.74. The fourth-order valence-corrected chi connectivity index (χ4v) is 2.43. The van der Waals surface area contributed by atoms with Gasteiger partial charge < -0.3 is 15.4 Å². The molecule has 2 unspecified atom stereocenters. The van der Waals surface area contributed by atoms with Gasteiger partial charge in [-0.05, 0) is 39.5 Å². The summed E-state index contributed by atoms with van der Waals surface area (Å²) in [7, 11) is 0. The van der Waals surface area contributed by atoms with Crippen LogP contribution in [0.2, 0.25) is 0 Å². The van der Waals surface area contributed by atoms with Crippen LogP contribution in [0, 0.1) is 5.92 Å². The third kappa shape index (κ3) is 3.11. The van der Waals surface area contributed by atoms with Crippen LogP contribution in [-0.4, -0.2) is 37.3 Å². The third-order valence-electron chi connectivity index (χ3n) is 3.26. The van der Waals surface area contributed by atoms with Crippen molar-refractivity contribution in [2.24, 2.45) is 10.9 Å². The van der Waals surface area contributed by atoms with Gasteiger partial charge in [0.1, 0.15) is 0 Å². The quantitative estimate of drug-likeness (QED) is 0.740. The number of rotatable bonds is 2. The Bertz CT molecular complexity index is 275. The highest BCUT2D eigenvalue weighted by Crippen LogP contribution is 2.27. The zero-order valence-electron chi connectivity index (χ0n) is 10.5. The first-order valence-electron chi connectivity index (χ1n) is 6.24. The predicted octanol–water partition coefficient (Wildman–Crippen LogP) is 1.13. The summed E-state index contributed by atoms with van der Waals surface area (Å²) in [6.07, 6.45) is 2.28. The molecule has 0 bridgehead atoms. The van der Waals surface area contributed by atoms with Crippen LogP contribution in [0.15, 0.2) is 4.99 Å². The van der Waals surface area contributed by atoms with Gasteiger partial charge >= 0.3 is 0 Å². The van der Waals surface area contributed by atoms with Crippen LogP contribution in [-0.2, 0) is 4.74 Å². The fourth-order valence-electron chi connectivity index (χ4n) is 2.43. The number of nitrogens with zero attached hydrogens (tertiary/aromatic N) is 1. The van der Waals surface area contributed by atoms with E-state index in [1.165, 1.54) is 0 Å². The van der Waals surface area contributed by atoms with E-state index in [0.29, 0.717) is 12.0 Å². The molecule has 2 rings (SSSR count). The summed E-state index contributed by atoms with van der Waals surface area (Å²) in [6, 6.07) is 0.480. The van der Waals surface area contributed by atoms with E-state index in [4.69, 9.17) is 4.74 Å². The molecule has 1 fully saturated rings. The van der Waals surface area contributed by atoms with Crippen LogP contribution in [0.3, 0.4) is 0 Å². The number of aliphatic imine (C=N–C) groups is 1. The van der Waals surface area contributed by atoms with Crippen molar-refractivity contribution < 1.29 is 4.74 Å². The maximum absolute atomic E-state index is 5.71. The molecule has 2 aliphatic heterocycles. The van der Waals surface area contributed by atoms with Crippen LogP contribution in [0.25, 0.3) is 0 Å². The SMILES string of the molecule is CC1CN=C(NCC2CCOC(C)(C)C2)N1. The molecule has 2 aliphatic rings. The van der Waals surface area contributed by atoms with Crippen molar-refractivity contribution in [3.8, 4) is 0 Å². The van der Waals surface area contributed by atoms with E-state index in [9.17, 15) is 0 Å². The Morgan fingerprint density at radius 1 is 1.56 bits per heavy atom. The molecule has 16 heavy (non-hydrogen) atoms. The Labute approximate surface area is 97.9 Å². The van der Waals surface area contributed by atoms with E-state index in [1.807, 2.05) is 0 Å². The number of hydrogen-bond acceptors (Lipinski definition) is 4. The second-order valence-corrected chi connectivity index (χ2v) is 5.58. The van der Waals surface area contributed by atoms with Gasteiger partial charge in [-0.1, -0.05) is 0 Å². The van der Waals surface area contributed by atoms with Gasteiger partial charge in [0, 0.05) is 19.2 Å². The molecule has 0 aromatic carbocycles. The number of hydrogen-bond donors (Lipinski definition) is 2. The molecule has 2 atom stereocenters. The van der Waals surface area contributed by atoms with Crippen LogP contribution < -0.4 is 10.6 Å². The standard InChI is InChI=1S/C12H23N3O/c1-9-7-13-11(15-9)14-8-10-4-5-16-12(2,3)6-10/h9-10H,4-8H2,1-3H3,(H2,13,14,15). The molecule has 0 radical (unpaired) electrons. The van der Waals surface area contributed by atoms with Crippen molar-refractivity contribution in [2.75, 3.05) is 19.7 Å². The minimum Gasteiger partial charge on any atom is -0.376 e. The number of nitrogens with one attached hydrogen (secondary N) is 2. The largest absolute Gasteiger partial charge is 0.376 e. The molecule has 4 nitrogen and oxygen atoms in total. The summed E-state index contributed by atoms with van der Waals surface area (Å²) >= 11 is 0. The first-order chi connectivity index (χ1) is 7.55. The van der Waals surface area contributed by atoms with E-state index in [1.54, 1.807) is 0 Å². The van der Waals surface area contributed by atoms with Crippen LogP contribution in [0.5, 0.6) is 0 Å². The van der Waals surface area contributed by atoms with Crippen LogP contribution in [0.1, 0.15) is 33.6 Å². The number of guanidine groups is 1. The Morgan fingerprint density at radius 2 is 2.38 bits per heavy atom. The van der Waals surface area contributed by atoms with Gasteiger partial charge in [-0.2, -0.15) is 0 Å². The van der Waals surface area contributed by atoms with Gasteiger partial charge in [-0.15, -0.1) is 0 Å². The minimum atomic E-state index is 0.0444. The molecule has 0 amide bonds. The van der Waals surface area contributed by atoms with Crippen LogP contribution in [0.4, 0.5) is 0 Å². The zero-order chi connectivity index (χ0) is 11.6. The second-order valence-electron chi connectivity index (χ2n) is 5.58. The lowest BCUT2D eigenvalue weighted by atomic mass is 9.88. The molecular formula is C12H23N3O. The summed E-state index contributed by atoms with van der Waals surface area (Å²) in [6.45, 7) is 9.28. The third-order valence-corrected chi connectivity index (χ3v) is 3.26. The van der Waals surface area contributed by atoms with Gasteiger partial charge in [0.15, 0.2) is 5.96 Å². The van der Waals surface area contributed by atoms with E-state index < -0.39 is 0 Å². The average molecular weight is 225 g/mol. The van der Waals surface area contributed by atoms with E-state index in [0.717, 1.165) is 38.5 Å². The Hall–Kier alpha value is -0.770. The average Bonchev–Trinajstić information content (AvgIpc) is 2.60. The lowest BCUT2D eigenvalue weighted by Crippen LogP contribution is -2.43. The Kier molecular flexibility index (Phi) is 3.38. The molecule has 0 aromatic rings. The summed E-state index contributed by atoms with van der Waals surface area (Å²) in [5.41, 5.74) is 0.0444. The summed E-state index contributed by atoms with van der Waals surface area (Å²) in [4.78, 5) is 4.40. The highest BCUT2D eigenvalue weighted by atomic mass is 16.5. The van der Waals surface area contributed by atoms with Gasteiger partial charge in [0.2, 0.25) is 0 Å². The number of ether oxygens (including phenoxy) is 1. The first kappa shape index (κ1) is 11.7. The van der Waals surface area contributed by atoms with Crippen LogP contribution >= 0.6 is 0 Å². The van der Waals surface area contributed by atoms with E-state index in [-0.39, 0.29) is 5.60 Å². The normalized spacial score (nSPS) is 33.1. The zero-order valence-corrected chi connectivity index (χ0v) is 10.5. The van der Waals surface area contributed by atoms with E-state index >= 15 is 0 Å². The second kappa shape index (κ2) is 4.62. The summed E-state index contributed by atoms with van der Waals surface area (Å²) < 4.78 is 5.71. The Morgan fingerprint density at radius 3 is 3.00 bits per heavy atom. The molecular weight excluding hydrogens is 202 g/mol. The highest BCUT2D eigenvalue weighted by Gasteiger charge is 2.28. The summed E-state index contributed by atoms with van der Waals surface area (Å²) in [5.74, 6) is 1.67. The van der Waals surface area contributed by atoms with Gasteiger partial charge in [-0.3, -0.25) is 4.99 Å². The van der Waals surface area contributed by atoms with Crippen molar-refractivity contribution >= 4 is 5.96 Å². The lowest BCUT2D eigenvalue weighted by Gasteiger charge is -2.35. The van der Waals surface area contributed by atoms with Crippen molar-refractivity contribution in [2.45, 2.75) is 45.3 Å².